The van der Waals surface area contributed by atoms with Gasteiger partial charge in [0, 0.05) is 6.42 Å². The summed E-state index contributed by atoms with van der Waals surface area (Å²) in [7, 11) is 0. The molecule has 4 N–H and O–H groups in total. The number of aliphatic hydroxyl groups is 1. The van der Waals surface area contributed by atoms with Crippen LogP contribution in [0.25, 0.3) is 11.2 Å². The van der Waals surface area contributed by atoms with E-state index in [9.17, 15) is 9.90 Å². The third-order valence-corrected chi connectivity index (χ3v) is 4.12. The number of fused-ring (bicyclic) bond motifs is 1. The summed E-state index contributed by atoms with van der Waals surface area (Å²) in [5, 5.41) is 10.3. The Morgan fingerprint density at radius 3 is 3.00 bits per heavy atom. The fourth-order valence-corrected chi connectivity index (χ4v) is 2.88. The first-order valence-electron chi connectivity index (χ1n) is 7.85. The molecule has 3 aromatic rings. The Labute approximate surface area is 142 Å². The topological polar surface area (TPSA) is 128 Å². The average molecular weight is 343 g/mol. The molecule has 25 heavy (non-hydrogen) atoms. The highest BCUT2D eigenvalue weighted by molar-refractivity contribution is 5.70. The van der Waals surface area contributed by atoms with E-state index in [0.717, 1.165) is 0 Å². The van der Waals surface area contributed by atoms with E-state index in [4.69, 9.17) is 15.2 Å². The first-order valence-corrected chi connectivity index (χ1v) is 7.85. The maximum absolute atomic E-state index is 11.9. The van der Waals surface area contributed by atoms with Crippen LogP contribution in [0.1, 0.15) is 12.6 Å². The van der Waals surface area contributed by atoms with Gasteiger partial charge in [0.1, 0.15) is 24.7 Å². The smallest absolute Gasteiger partial charge is 0.280 e. The number of nitrogens with zero attached hydrogens (tertiary/aromatic N) is 3. The second-order valence-electron chi connectivity index (χ2n) is 5.83. The number of hydrogen-bond donors (Lipinski definition) is 3. The highest BCUT2D eigenvalue weighted by Crippen LogP contribution is 2.30. The number of H-pyrrole nitrogens is 1. The molecular formula is C16H17N5O4. The van der Waals surface area contributed by atoms with Gasteiger partial charge in [-0.05, 0) is 12.1 Å². The van der Waals surface area contributed by atoms with E-state index < -0.39 is 24.0 Å². The average Bonchev–Trinajstić information content (AvgIpc) is 3.17. The molecule has 1 aromatic carbocycles. The lowest BCUT2D eigenvalue weighted by Crippen LogP contribution is -2.28. The van der Waals surface area contributed by atoms with Gasteiger partial charge in [0.25, 0.3) is 5.56 Å². The zero-order valence-corrected chi connectivity index (χ0v) is 13.2. The monoisotopic (exact) mass is 343 g/mol. The molecule has 0 saturated carbocycles. The molecular weight excluding hydrogens is 326 g/mol. The van der Waals surface area contributed by atoms with Gasteiger partial charge in [-0.15, -0.1) is 0 Å². The molecule has 0 bridgehead atoms. The SMILES string of the molecule is Nc1nc2c(ncn2[C@H]2C[C@H](O)[C@@H](COc3ccccc3)O2)c(=O)[nH]1. The normalized spacial score (nSPS) is 23.2. The number of nitrogen functional groups attached to an aromatic ring is 1. The van der Waals surface area contributed by atoms with Crippen molar-refractivity contribution in [2.45, 2.75) is 24.9 Å². The number of nitrogens with two attached hydrogens (primary N) is 1. The summed E-state index contributed by atoms with van der Waals surface area (Å²) >= 11 is 0. The van der Waals surface area contributed by atoms with E-state index in [-0.39, 0.29) is 18.1 Å². The quantitative estimate of drug-likeness (QED) is 0.626. The van der Waals surface area contributed by atoms with Crippen molar-refractivity contribution in [1.82, 2.24) is 19.5 Å². The number of nitrogens with one attached hydrogen (secondary N) is 1. The molecule has 0 unspecified atom stereocenters. The van der Waals surface area contributed by atoms with Crippen molar-refractivity contribution in [1.29, 1.82) is 0 Å². The molecule has 0 radical (unpaired) electrons. The number of hydrogen-bond acceptors (Lipinski definition) is 7. The predicted molar refractivity (Wildman–Crippen MR) is 89.0 cm³/mol. The minimum atomic E-state index is -0.703. The Balaban J connectivity index is 1.52. The van der Waals surface area contributed by atoms with Crippen molar-refractivity contribution in [2.24, 2.45) is 0 Å². The van der Waals surface area contributed by atoms with E-state index in [1.54, 1.807) is 4.57 Å². The Kier molecular flexibility index (Phi) is 3.86. The summed E-state index contributed by atoms with van der Waals surface area (Å²) in [5.74, 6) is 0.706. The number of imidazole rings is 1. The number of para-hydroxylation sites is 1. The highest BCUT2D eigenvalue weighted by Gasteiger charge is 2.36. The second kappa shape index (κ2) is 6.19. The Morgan fingerprint density at radius 1 is 1.40 bits per heavy atom. The van der Waals surface area contributed by atoms with Crippen molar-refractivity contribution in [3.05, 3.63) is 47.0 Å². The van der Waals surface area contributed by atoms with Crippen LogP contribution in [0.3, 0.4) is 0 Å². The van der Waals surface area contributed by atoms with Gasteiger partial charge in [0.15, 0.2) is 11.2 Å². The van der Waals surface area contributed by atoms with Crippen LogP contribution in [0.5, 0.6) is 5.75 Å². The molecule has 1 aliphatic rings. The molecule has 2 aromatic heterocycles. The number of benzene rings is 1. The van der Waals surface area contributed by atoms with Crippen LogP contribution >= 0.6 is 0 Å². The van der Waals surface area contributed by atoms with Crippen molar-refractivity contribution >= 4 is 17.1 Å². The second-order valence-corrected chi connectivity index (χ2v) is 5.83. The lowest BCUT2D eigenvalue weighted by Gasteiger charge is -2.16. The molecule has 0 aliphatic carbocycles. The minimum absolute atomic E-state index is 0.00163. The minimum Gasteiger partial charge on any atom is -0.491 e. The first kappa shape index (κ1) is 15.6. The summed E-state index contributed by atoms with van der Waals surface area (Å²) in [4.78, 5) is 22.4. The summed E-state index contributed by atoms with van der Waals surface area (Å²) in [6.07, 6.45) is 0.0953. The summed E-state index contributed by atoms with van der Waals surface area (Å²) < 4.78 is 13.1. The van der Waals surface area contributed by atoms with Gasteiger partial charge < -0.3 is 20.3 Å². The molecule has 1 saturated heterocycles. The molecule has 9 heteroatoms. The van der Waals surface area contributed by atoms with E-state index in [1.807, 2.05) is 30.3 Å². The van der Waals surface area contributed by atoms with E-state index in [2.05, 4.69) is 15.0 Å². The lowest BCUT2D eigenvalue weighted by molar-refractivity contribution is -0.0381. The van der Waals surface area contributed by atoms with Crippen molar-refractivity contribution in [3.63, 3.8) is 0 Å². The number of anilines is 1. The summed E-state index contributed by atoms with van der Waals surface area (Å²) in [5.41, 5.74) is 5.69. The fourth-order valence-electron chi connectivity index (χ4n) is 2.88. The Hall–Kier alpha value is -2.91. The van der Waals surface area contributed by atoms with Crippen LogP contribution in [0.15, 0.2) is 41.5 Å². The maximum Gasteiger partial charge on any atom is 0.280 e. The lowest BCUT2D eigenvalue weighted by atomic mass is 10.2. The first-order chi connectivity index (χ1) is 12.1. The largest absolute Gasteiger partial charge is 0.491 e. The fraction of sp³-hybridized carbons (Fsp3) is 0.312. The van der Waals surface area contributed by atoms with Crippen molar-refractivity contribution < 1.29 is 14.6 Å². The maximum atomic E-state index is 11.9. The predicted octanol–water partition coefficient (Wildman–Crippen LogP) is 0.429. The van der Waals surface area contributed by atoms with Gasteiger partial charge in [0.05, 0.1) is 12.4 Å². The van der Waals surface area contributed by atoms with Crippen LogP contribution in [-0.2, 0) is 4.74 Å². The van der Waals surface area contributed by atoms with Gasteiger partial charge >= 0.3 is 0 Å². The third kappa shape index (κ3) is 2.94. The van der Waals surface area contributed by atoms with Crippen LogP contribution in [-0.4, -0.2) is 43.4 Å². The third-order valence-electron chi connectivity index (χ3n) is 4.12. The van der Waals surface area contributed by atoms with Gasteiger partial charge in [-0.1, -0.05) is 18.2 Å². The zero-order chi connectivity index (χ0) is 17.4. The van der Waals surface area contributed by atoms with Crippen LogP contribution < -0.4 is 16.0 Å². The molecule has 0 amide bonds. The molecule has 9 nitrogen and oxygen atoms in total. The standard InChI is InChI=1S/C16H17N5O4/c17-16-19-14-13(15(23)20-16)18-8-21(14)12-6-10(22)11(25-12)7-24-9-4-2-1-3-5-9/h1-5,8,10-12,22H,6-7H2,(H3,17,19,20,23)/t10-,11+,12+/m0/s1. The zero-order valence-electron chi connectivity index (χ0n) is 13.2. The molecule has 4 rings (SSSR count). The van der Waals surface area contributed by atoms with Crippen molar-refractivity contribution in [3.8, 4) is 5.75 Å². The van der Waals surface area contributed by atoms with Gasteiger partial charge in [-0.25, -0.2) is 4.98 Å². The van der Waals surface area contributed by atoms with Gasteiger partial charge in [-0.2, -0.15) is 4.98 Å². The van der Waals surface area contributed by atoms with Crippen LogP contribution in [0.4, 0.5) is 5.95 Å². The molecule has 1 aliphatic heterocycles. The molecule has 130 valence electrons. The van der Waals surface area contributed by atoms with E-state index in [0.29, 0.717) is 17.8 Å². The number of rotatable bonds is 4. The summed E-state index contributed by atoms with van der Waals surface area (Å²) in [6.45, 7) is 0.213. The Bertz CT molecular complexity index is 939. The highest BCUT2D eigenvalue weighted by atomic mass is 16.6. The molecule has 1 fully saturated rings. The number of aliphatic hydroxyl groups excluding tert-OH is 1. The van der Waals surface area contributed by atoms with Gasteiger partial charge in [-0.3, -0.25) is 14.3 Å². The van der Waals surface area contributed by atoms with E-state index >= 15 is 0 Å². The van der Waals surface area contributed by atoms with E-state index in [1.165, 1.54) is 6.33 Å². The number of aromatic amines is 1. The Morgan fingerprint density at radius 2 is 2.20 bits per heavy atom. The number of ether oxygens (including phenoxy) is 2. The molecule has 3 heterocycles. The number of aromatic nitrogens is 4. The van der Waals surface area contributed by atoms with Crippen LogP contribution in [0.2, 0.25) is 0 Å². The molecule has 3 atom stereocenters. The van der Waals surface area contributed by atoms with Gasteiger partial charge in [0.2, 0.25) is 5.95 Å². The van der Waals surface area contributed by atoms with Crippen LogP contribution in [0, 0.1) is 0 Å². The molecule has 0 spiro atoms. The summed E-state index contributed by atoms with van der Waals surface area (Å²) in [6, 6.07) is 9.31. The van der Waals surface area contributed by atoms with Crippen molar-refractivity contribution in [2.75, 3.05) is 12.3 Å².